The third kappa shape index (κ3) is 10.6. The van der Waals surface area contributed by atoms with Crippen LogP contribution in [0.1, 0.15) is 44.6 Å². The number of aliphatic imine (C=N–C) groups is 1. The summed E-state index contributed by atoms with van der Waals surface area (Å²) in [6.07, 6.45) is 4.10. The van der Waals surface area contributed by atoms with E-state index >= 15 is 0 Å². The molecule has 0 aromatic carbocycles. The number of urea groups is 1. The van der Waals surface area contributed by atoms with Crippen LogP contribution >= 0.6 is 0 Å². The lowest BCUT2D eigenvalue weighted by Gasteiger charge is -2.32. The van der Waals surface area contributed by atoms with Gasteiger partial charge in [-0.1, -0.05) is 19.4 Å². The van der Waals surface area contributed by atoms with Crippen molar-refractivity contribution in [2.75, 3.05) is 50.9 Å². The van der Waals surface area contributed by atoms with Crippen molar-refractivity contribution in [2.45, 2.75) is 64.1 Å². The number of aromatic nitrogens is 1. The van der Waals surface area contributed by atoms with Gasteiger partial charge in [-0.25, -0.2) is 27.9 Å². The zero-order valence-electron chi connectivity index (χ0n) is 23.8. The Kier molecular flexibility index (Phi) is 11.8. The summed E-state index contributed by atoms with van der Waals surface area (Å²) in [7, 11) is -2.08. The Bertz CT molecular complexity index is 1200. The highest BCUT2D eigenvalue weighted by molar-refractivity contribution is 7.89. The first-order chi connectivity index (χ1) is 19.5. The average molecular weight is 596 g/mol. The number of hydrogen-bond acceptors (Lipinski definition) is 9. The number of carboxylic acid groups (broad SMARTS) is 1. The van der Waals surface area contributed by atoms with Gasteiger partial charge in [-0.15, -0.1) is 0 Å². The zero-order chi connectivity index (χ0) is 30.0. The Morgan fingerprint density at radius 3 is 2.66 bits per heavy atom. The summed E-state index contributed by atoms with van der Waals surface area (Å²) in [5, 5.41) is 15.2. The molecule has 1 fully saturated rings. The number of aliphatic carboxylic acids is 1. The number of unbranched alkanes of at least 4 members (excludes halogenated alkanes) is 1. The molecule has 2 atom stereocenters. The number of carbonyl (C=O) groups is 3. The van der Waals surface area contributed by atoms with Crippen molar-refractivity contribution in [3.05, 3.63) is 23.9 Å². The standard InChI is InChI=1S/C26H41N7O7S/c1-4-5-13-41(38,39)31-21(25(35)36)14-20-17-40-22(28-20)15-32(3)23(34)16-33-11-8-19(9-12-33)29-26(37)30-24-18(2)7-6-10-27-24/h6-7,10,19-21,31H,4-5,8-9,11-17H2,1-3H3,(H,35,36)(H2,27,29,30,37). The minimum absolute atomic E-state index is 0.00738. The first-order valence-corrected chi connectivity index (χ1v) is 15.5. The predicted octanol–water partition coefficient (Wildman–Crippen LogP) is 0.794. The molecule has 0 spiro atoms. The summed E-state index contributed by atoms with van der Waals surface area (Å²) >= 11 is 0. The van der Waals surface area contributed by atoms with E-state index in [1.165, 1.54) is 4.90 Å². The highest BCUT2D eigenvalue weighted by Gasteiger charge is 2.31. The van der Waals surface area contributed by atoms with E-state index in [0.717, 1.165) is 5.56 Å². The molecule has 15 heteroatoms. The van der Waals surface area contributed by atoms with E-state index in [4.69, 9.17) is 4.74 Å². The Balaban J connectivity index is 1.40. The van der Waals surface area contributed by atoms with Gasteiger partial charge in [-0.3, -0.25) is 19.8 Å². The SMILES string of the molecule is CCCCS(=O)(=O)NC(CC1COC(CN(C)C(=O)CN2CCC(NC(=O)Nc3ncccc3C)CC2)=N1)C(=O)O. The topological polar surface area (TPSA) is 183 Å². The van der Waals surface area contributed by atoms with Crippen LogP contribution in [0.15, 0.2) is 23.3 Å². The number of amides is 3. The van der Waals surface area contributed by atoms with Gasteiger partial charge >= 0.3 is 12.0 Å². The van der Waals surface area contributed by atoms with Gasteiger partial charge in [-0.05, 0) is 37.8 Å². The number of rotatable bonds is 14. The maximum absolute atomic E-state index is 12.8. The van der Waals surface area contributed by atoms with Crippen LogP contribution in [0.5, 0.6) is 0 Å². The third-order valence-corrected chi connectivity index (χ3v) is 8.45. The number of pyridine rings is 1. The molecule has 41 heavy (non-hydrogen) atoms. The lowest BCUT2D eigenvalue weighted by molar-refractivity contribution is -0.139. The van der Waals surface area contributed by atoms with Crippen LogP contribution in [0, 0.1) is 6.92 Å². The van der Waals surface area contributed by atoms with E-state index in [2.05, 4.69) is 25.3 Å². The van der Waals surface area contributed by atoms with Gasteiger partial charge in [0.1, 0.15) is 18.5 Å². The summed E-state index contributed by atoms with van der Waals surface area (Å²) in [6, 6.07) is 1.52. The number of sulfonamides is 1. The smallest absolute Gasteiger partial charge is 0.321 e. The molecular weight excluding hydrogens is 554 g/mol. The quantitative estimate of drug-likeness (QED) is 0.242. The summed E-state index contributed by atoms with van der Waals surface area (Å²) in [4.78, 5) is 48.9. The van der Waals surface area contributed by atoms with Crippen LogP contribution < -0.4 is 15.4 Å². The molecule has 1 aromatic rings. The van der Waals surface area contributed by atoms with Crippen LogP contribution in [0.4, 0.5) is 10.6 Å². The number of nitrogens with zero attached hydrogens (tertiary/aromatic N) is 4. The first-order valence-electron chi connectivity index (χ1n) is 13.8. The number of anilines is 1. The van der Waals surface area contributed by atoms with E-state index in [0.29, 0.717) is 50.5 Å². The molecule has 2 aliphatic heterocycles. The minimum Gasteiger partial charge on any atom is -0.480 e. The average Bonchev–Trinajstić information content (AvgIpc) is 3.36. The van der Waals surface area contributed by atoms with Crippen LogP contribution in [-0.2, 0) is 24.3 Å². The van der Waals surface area contributed by atoms with Gasteiger partial charge < -0.3 is 20.1 Å². The van der Waals surface area contributed by atoms with Gasteiger partial charge in [0.2, 0.25) is 21.8 Å². The van der Waals surface area contributed by atoms with Crippen molar-refractivity contribution < 1.29 is 32.6 Å². The Labute approximate surface area is 241 Å². The second kappa shape index (κ2) is 15.1. The van der Waals surface area contributed by atoms with E-state index in [1.807, 2.05) is 24.8 Å². The Hall–Kier alpha value is -3.30. The van der Waals surface area contributed by atoms with Gasteiger partial charge in [0, 0.05) is 38.8 Å². The van der Waals surface area contributed by atoms with Crippen LogP contribution in [-0.4, -0.2) is 116 Å². The summed E-state index contributed by atoms with van der Waals surface area (Å²) < 4.78 is 32.1. The fourth-order valence-corrected chi connectivity index (χ4v) is 5.96. The largest absolute Gasteiger partial charge is 0.480 e. The second-order valence-electron chi connectivity index (χ2n) is 10.5. The molecule has 2 unspecified atom stereocenters. The number of carbonyl (C=O) groups excluding carboxylic acids is 2. The minimum atomic E-state index is -3.72. The molecule has 2 aliphatic rings. The predicted molar refractivity (Wildman–Crippen MR) is 153 cm³/mol. The molecule has 3 heterocycles. The van der Waals surface area contributed by atoms with Gasteiger partial charge in [0.05, 0.1) is 24.9 Å². The molecule has 3 amide bonds. The number of carboxylic acids is 1. The summed E-state index contributed by atoms with van der Waals surface area (Å²) in [5.41, 5.74) is 0.874. The Morgan fingerprint density at radius 2 is 2.00 bits per heavy atom. The van der Waals surface area contributed by atoms with Crippen molar-refractivity contribution in [1.29, 1.82) is 0 Å². The summed E-state index contributed by atoms with van der Waals surface area (Å²) in [5.74, 6) is -0.705. The third-order valence-electron chi connectivity index (χ3n) is 6.98. The Morgan fingerprint density at radius 1 is 1.27 bits per heavy atom. The molecule has 228 valence electrons. The monoisotopic (exact) mass is 595 g/mol. The fourth-order valence-electron chi connectivity index (χ4n) is 4.54. The maximum atomic E-state index is 12.8. The molecule has 0 bridgehead atoms. The number of aryl methyl sites for hydroxylation is 1. The van der Waals surface area contributed by atoms with Crippen molar-refractivity contribution in [3.8, 4) is 0 Å². The van der Waals surface area contributed by atoms with Crippen LogP contribution in [0.3, 0.4) is 0 Å². The second-order valence-corrected chi connectivity index (χ2v) is 12.3. The number of hydrogen-bond donors (Lipinski definition) is 4. The zero-order valence-corrected chi connectivity index (χ0v) is 24.7. The van der Waals surface area contributed by atoms with E-state index in [9.17, 15) is 27.9 Å². The van der Waals surface area contributed by atoms with Crippen molar-refractivity contribution in [3.63, 3.8) is 0 Å². The van der Waals surface area contributed by atoms with Crippen LogP contribution in [0.25, 0.3) is 0 Å². The van der Waals surface area contributed by atoms with Gasteiger partial charge in [0.25, 0.3) is 0 Å². The molecule has 0 saturated carbocycles. The molecule has 4 N–H and O–H groups in total. The normalized spacial score (nSPS) is 18.7. The number of nitrogens with one attached hydrogen (secondary N) is 3. The van der Waals surface area contributed by atoms with Gasteiger partial charge in [0.15, 0.2) is 0 Å². The highest BCUT2D eigenvalue weighted by atomic mass is 32.2. The maximum Gasteiger partial charge on any atom is 0.321 e. The lowest BCUT2D eigenvalue weighted by atomic mass is 10.1. The molecule has 0 radical (unpaired) electrons. The van der Waals surface area contributed by atoms with E-state index in [1.54, 1.807) is 19.3 Å². The number of piperidine rings is 1. The number of likely N-dealkylation sites (tertiary alicyclic amines) is 1. The van der Waals surface area contributed by atoms with E-state index < -0.39 is 28.1 Å². The van der Waals surface area contributed by atoms with Gasteiger partial charge in [-0.2, -0.15) is 0 Å². The van der Waals surface area contributed by atoms with Crippen molar-refractivity contribution in [2.24, 2.45) is 4.99 Å². The summed E-state index contributed by atoms with van der Waals surface area (Å²) in [6.45, 7) is 5.48. The van der Waals surface area contributed by atoms with Crippen molar-refractivity contribution in [1.82, 2.24) is 24.8 Å². The first kappa shape index (κ1) is 32.2. The molecular formula is C26H41N7O7S. The van der Waals surface area contributed by atoms with E-state index in [-0.39, 0.29) is 49.9 Å². The number of likely N-dealkylation sites (N-methyl/N-ethyl adjacent to an activating group) is 1. The number of ether oxygens (including phenoxy) is 1. The molecule has 1 saturated heterocycles. The van der Waals surface area contributed by atoms with Crippen LogP contribution in [0.2, 0.25) is 0 Å². The fraction of sp³-hybridized carbons (Fsp3) is 0.654. The molecule has 14 nitrogen and oxygen atoms in total. The molecule has 0 aliphatic carbocycles. The van der Waals surface area contributed by atoms with Crippen molar-refractivity contribution >= 4 is 39.6 Å². The highest BCUT2D eigenvalue weighted by Crippen LogP contribution is 2.15. The molecule has 3 rings (SSSR count). The lowest BCUT2D eigenvalue weighted by Crippen LogP contribution is -2.48. The molecule has 1 aromatic heterocycles.